The van der Waals surface area contributed by atoms with Crippen LogP contribution in [0.1, 0.15) is 30.7 Å². The molecule has 2 N–H and O–H groups in total. The van der Waals surface area contributed by atoms with Crippen LogP contribution in [0.2, 0.25) is 5.02 Å². The van der Waals surface area contributed by atoms with Gasteiger partial charge in [-0.2, -0.15) is 0 Å². The first-order valence-corrected chi connectivity index (χ1v) is 7.47. The summed E-state index contributed by atoms with van der Waals surface area (Å²) in [6.45, 7) is 0.638. The van der Waals surface area contributed by atoms with Crippen LogP contribution >= 0.6 is 11.6 Å². The monoisotopic (exact) mass is 310 g/mol. The second kappa shape index (κ2) is 5.64. The maximum Gasteiger partial charge on any atom is 0.232 e. The molecule has 1 saturated carbocycles. The molecular weight excluding hydrogens is 295 g/mol. The molecule has 4 nitrogen and oxygen atoms in total. The molecule has 1 heterocycles. The fourth-order valence-corrected chi connectivity index (χ4v) is 2.89. The number of nitrogens with one attached hydrogen (secondary N) is 2. The van der Waals surface area contributed by atoms with Crippen molar-refractivity contribution in [3.63, 3.8) is 0 Å². The lowest BCUT2D eigenvalue weighted by molar-refractivity contribution is -0.136. The predicted octanol–water partition coefficient (Wildman–Crippen LogP) is 1.98. The van der Waals surface area contributed by atoms with Crippen LogP contribution in [-0.4, -0.2) is 24.4 Å². The van der Waals surface area contributed by atoms with Crippen LogP contribution in [0.5, 0.6) is 0 Å². The summed E-state index contributed by atoms with van der Waals surface area (Å²) in [6.07, 6.45) is 2.17. The summed E-state index contributed by atoms with van der Waals surface area (Å²) >= 11 is 5.65. The number of carbonyl (C=O) groups excluding carboxylic acids is 2. The van der Waals surface area contributed by atoms with Crippen LogP contribution in [0, 0.1) is 11.7 Å². The van der Waals surface area contributed by atoms with Crippen LogP contribution in [0.4, 0.5) is 4.39 Å². The molecule has 3 atom stereocenters. The Morgan fingerprint density at radius 1 is 1.43 bits per heavy atom. The van der Waals surface area contributed by atoms with Gasteiger partial charge in [-0.1, -0.05) is 17.7 Å². The van der Waals surface area contributed by atoms with Crippen molar-refractivity contribution < 1.29 is 14.0 Å². The van der Waals surface area contributed by atoms with E-state index in [9.17, 15) is 14.0 Å². The second-order valence-corrected chi connectivity index (χ2v) is 6.02. The van der Waals surface area contributed by atoms with E-state index in [0.29, 0.717) is 13.0 Å². The Balaban J connectivity index is 1.59. The molecule has 0 bridgehead atoms. The average Bonchev–Trinajstić information content (AvgIpc) is 3.21. The Kier molecular flexibility index (Phi) is 3.85. The molecule has 1 aromatic rings. The van der Waals surface area contributed by atoms with Gasteiger partial charge in [-0.05, 0) is 37.0 Å². The number of piperidine rings is 1. The molecule has 2 fully saturated rings. The van der Waals surface area contributed by atoms with E-state index in [2.05, 4.69) is 10.6 Å². The topological polar surface area (TPSA) is 58.2 Å². The lowest BCUT2D eigenvalue weighted by Crippen LogP contribution is -2.45. The molecule has 2 amide bonds. The Morgan fingerprint density at radius 3 is 2.95 bits per heavy atom. The van der Waals surface area contributed by atoms with Gasteiger partial charge < -0.3 is 10.6 Å². The van der Waals surface area contributed by atoms with Crippen LogP contribution in [0.3, 0.4) is 0 Å². The Labute approximate surface area is 127 Å². The molecule has 1 saturated heterocycles. The van der Waals surface area contributed by atoms with Crippen molar-refractivity contribution in [2.45, 2.75) is 31.2 Å². The summed E-state index contributed by atoms with van der Waals surface area (Å²) in [5, 5.41) is 5.68. The minimum Gasteiger partial charge on any atom is -0.355 e. The van der Waals surface area contributed by atoms with Gasteiger partial charge in [0.25, 0.3) is 0 Å². The highest BCUT2D eigenvalue weighted by atomic mass is 35.5. The van der Waals surface area contributed by atoms with Crippen molar-refractivity contribution >= 4 is 23.4 Å². The normalized spacial score (nSPS) is 27.9. The maximum atomic E-state index is 13.4. The van der Waals surface area contributed by atoms with Crippen LogP contribution < -0.4 is 10.6 Å². The van der Waals surface area contributed by atoms with E-state index >= 15 is 0 Å². The molecule has 1 aliphatic heterocycles. The molecule has 0 radical (unpaired) electrons. The minimum absolute atomic E-state index is 0.0206. The van der Waals surface area contributed by atoms with Gasteiger partial charge in [0, 0.05) is 18.5 Å². The molecule has 1 aliphatic carbocycles. The Bertz CT molecular complexity index is 593. The van der Waals surface area contributed by atoms with Crippen LogP contribution in [0.15, 0.2) is 18.2 Å². The van der Waals surface area contributed by atoms with Crippen molar-refractivity contribution in [1.82, 2.24) is 10.6 Å². The van der Waals surface area contributed by atoms with Gasteiger partial charge in [0.15, 0.2) is 0 Å². The summed E-state index contributed by atoms with van der Waals surface area (Å²) in [4.78, 5) is 23.7. The first-order chi connectivity index (χ1) is 10.1. The SMILES string of the molecule is O=C1NCCCC1C(=O)N[C@@H]1C[C@H]1c1ccc(Cl)c(F)c1. The van der Waals surface area contributed by atoms with Crippen molar-refractivity contribution in [3.05, 3.63) is 34.6 Å². The zero-order chi connectivity index (χ0) is 15.0. The fraction of sp³-hybridized carbons (Fsp3) is 0.467. The Morgan fingerprint density at radius 2 is 2.24 bits per heavy atom. The molecule has 2 aliphatic rings. The van der Waals surface area contributed by atoms with Gasteiger partial charge in [-0.3, -0.25) is 9.59 Å². The Hall–Kier alpha value is -1.62. The molecule has 3 rings (SSSR count). The lowest BCUT2D eigenvalue weighted by atomic mass is 9.98. The maximum absolute atomic E-state index is 13.4. The van der Waals surface area contributed by atoms with Gasteiger partial charge in [-0.15, -0.1) is 0 Å². The van der Waals surface area contributed by atoms with Crippen molar-refractivity contribution in [3.8, 4) is 0 Å². The summed E-state index contributed by atoms with van der Waals surface area (Å²) in [5.41, 5.74) is 0.829. The number of carbonyl (C=O) groups is 2. The number of hydrogen-bond donors (Lipinski definition) is 2. The second-order valence-electron chi connectivity index (χ2n) is 5.62. The third kappa shape index (κ3) is 3.02. The van der Waals surface area contributed by atoms with Gasteiger partial charge in [0.2, 0.25) is 11.8 Å². The summed E-state index contributed by atoms with van der Waals surface area (Å²) in [5.74, 6) is -1.37. The van der Waals surface area contributed by atoms with E-state index in [-0.39, 0.29) is 28.8 Å². The quantitative estimate of drug-likeness (QED) is 0.839. The molecular formula is C15H16ClFN2O2. The highest BCUT2D eigenvalue weighted by Crippen LogP contribution is 2.41. The van der Waals surface area contributed by atoms with Crippen LogP contribution in [0.25, 0.3) is 0 Å². The van der Waals surface area contributed by atoms with Crippen molar-refractivity contribution in [2.75, 3.05) is 6.54 Å². The molecule has 1 aromatic carbocycles. The van der Waals surface area contributed by atoms with E-state index in [1.807, 2.05) is 0 Å². The fourth-order valence-electron chi connectivity index (χ4n) is 2.77. The molecule has 21 heavy (non-hydrogen) atoms. The van der Waals surface area contributed by atoms with E-state index in [0.717, 1.165) is 18.4 Å². The van der Waals surface area contributed by atoms with Gasteiger partial charge in [0.05, 0.1) is 5.02 Å². The highest BCUT2D eigenvalue weighted by molar-refractivity contribution is 6.30. The van der Waals surface area contributed by atoms with E-state index < -0.39 is 11.7 Å². The smallest absolute Gasteiger partial charge is 0.232 e. The molecule has 112 valence electrons. The minimum atomic E-state index is -0.595. The van der Waals surface area contributed by atoms with E-state index in [1.54, 1.807) is 6.07 Å². The number of halogens is 2. The van der Waals surface area contributed by atoms with E-state index in [4.69, 9.17) is 11.6 Å². The number of hydrogen-bond acceptors (Lipinski definition) is 2. The van der Waals surface area contributed by atoms with E-state index in [1.165, 1.54) is 12.1 Å². The van der Waals surface area contributed by atoms with Gasteiger partial charge >= 0.3 is 0 Å². The number of amides is 2. The molecule has 0 aromatic heterocycles. The predicted molar refractivity (Wildman–Crippen MR) is 76.4 cm³/mol. The first kappa shape index (κ1) is 14.3. The standard InChI is InChI=1S/C15H16ClFN2O2/c16-11-4-3-8(6-12(11)17)10-7-13(10)19-15(21)9-2-1-5-18-14(9)20/h3-4,6,9-10,13H,1-2,5,7H2,(H,18,20)(H,19,21)/t9?,10-,13+/m0/s1. The van der Waals surface area contributed by atoms with Crippen LogP contribution in [-0.2, 0) is 9.59 Å². The molecule has 0 spiro atoms. The van der Waals surface area contributed by atoms with Crippen molar-refractivity contribution in [1.29, 1.82) is 0 Å². The third-order valence-electron chi connectivity index (χ3n) is 4.09. The zero-order valence-electron chi connectivity index (χ0n) is 11.4. The average molecular weight is 311 g/mol. The van der Waals surface area contributed by atoms with Crippen molar-refractivity contribution in [2.24, 2.45) is 5.92 Å². The molecule has 1 unspecified atom stereocenters. The summed E-state index contributed by atoms with van der Waals surface area (Å²) in [6, 6.07) is 4.69. The molecule has 6 heteroatoms. The zero-order valence-corrected chi connectivity index (χ0v) is 12.1. The lowest BCUT2D eigenvalue weighted by Gasteiger charge is -2.21. The summed E-state index contributed by atoms with van der Waals surface area (Å²) in [7, 11) is 0. The van der Waals surface area contributed by atoms with Gasteiger partial charge in [0.1, 0.15) is 11.7 Å². The highest BCUT2D eigenvalue weighted by Gasteiger charge is 2.41. The first-order valence-electron chi connectivity index (χ1n) is 7.09. The largest absolute Gasteiger partial charge is 0.355 e. The van der Waals surface area contributed by atoms with Gasteiger partial charge in [-0.25, -0.2) is 4.39 Å². The third-order valence-corrected chi connectivity index (χ3v) is 4.40. The number of benzene rings is 1. The summed E-state index contributed by atoms with van der Waals surface area (Å²) < 4.78 is 13.4. The number of rotatable bonds is 3.